The Hall–Kier alpha value is -2.89. The number of hydrogen-bond acceptors (Lipinski definition) is 4. The molecule has 23 heavy (non-hydrogen) atoms. The molecule has 1 aliphatic carbocycles. The average Bonchev–Trinajstić information content (AvgIpc) is 3.01. The zero-order valence-electron chi connectivity index (χ0n) is 12.4. The zero-order chi connectivity index (χ0) is 16.4. The number of hydrogen-bond donors (Lipinski definition) is 1. The lowest BCUT2D eigenvalue weighted by Crippen LogP contribution is -2.23. The molecule has 0 aliphatic heterocycles. The maximum absolute atomic E-state index is 12.2. The first-order valence-electron chi connectivity index (χ1n) is 7.39. The predicted octanol–water partition coefficient (Wildman–Crippen LogP) is 2.09. The number of nitro benzene ring substituents is 1. The van der Waals surface area contributed by atoms with Crippen molar-refractivity contribution in [2.24, 2.45) is 0 Å². The Morgan fingerprint density at radius 2 is 1.91 bits per heavy atom. The van der Waals surface area contributed by atoms with Gasteiger partial charge in [-0.3, -0.25) is 14.9 Å². The van der Waals surface area contributed by atoms with Gasteiger partial charge in [-0.1, -0.05) is 12.1 Å². The molecule has 0 unspecified atom stereocenters. The van der Waals surface area contributed by atoms with Crippen LogP contribution in [0.3, 0.4) is 0 Å². The molecule has 0 radical (unpaired) electrons. The molecule has 2 aromatic rings. The second kappa shape index (κ2) is 6.08. The first-order chi connectivity index (χ1) is 11.0. The van der Waals surface area contributed by atoms with Gasteiger partial charge in [-0.25, -0.2) is 0 Å². The Bertz CT molecular complexity index is 786. The molecule has 0 saturated carbocycles. The SMILES string of the molecule is O=C(NCc1cc([N+](=O)[O-])ccc1[O-])c1ccc2c(c1)CCC2. The molecule has 0 fully saturated rings. The fraction of sp³-hybridized carbons (Fsp3) is 0.235. The molecular formula is C17H15N2O4-. The molecule has 2 aromatic carbocycles. The third kappa shape index (κ3) is 3.15. The lowest BCUT2D eigenvalue weighted by atomic mass is 10.1. The molecule has 0 atom stereocenters. The van der Waals surface area contributed by atoms with Crippen molar-refractivity contribution >= 4 is 11.6 Å². The van der Waals surface area contributed by atoms with Crippen molar-refractivity contribution in [3.05, 3.63) is 68.8 Å². The van der Waals surface area contributed by atoms with Crippen LogP contribution in [0.4, 0.5) is 5.69 Å². The van der Waals surface area contributed by atoms with E-state index in [-0.39, 0.29) is 29.5 Å². The summed E-state index contributed by atoms with van der Waals surface area (Å²) in [5, 5.41) is 25.1. The van der Waals surface area contributed by atoms with Crippen molar-refractivity contribution < 1.29 is 14.8 Å². The summed E-state index contributed by atoms with van der Waals surface area (Å²) in [5.41, 5.74) is 3.06. The van der Waals surface area contributed by atoms with Crippen LogP contribution >= 0.6 is 0 Å². The summed E-state index contributed by atoms with van der Waals surface area (Å²) in [6, 6.07) is 9.12. The number of fused-ring (bicyclic) bond motifs is 1. The van der Waals surface area contributed by atoms with Gasteiger partial charge in [-0.05, 0) is 48.1 Å². The van der Waals surface area contributed by atoms with Crippen LogP contribution in [0.2, 0.25) is 0 Å². The highest BCUT2D eigenvalue weighted by Gasteiger charge is 2.14. The van der Waals surface area contributed by atoms with Crippen molar-refractivity contribution in [3.8, 4) is 5.75 Å². The maximum atomic E-state index is 12.2. The van der Waals surface area contributed by atoms with Crippen LogP contribution in [0.1, 0.15) is 33.5 Å². The molecule has 0 aromatic heterocycles. The summed E-state index contributed by atoms with van der Waals surface area (Å²) >= 11 is 0. The normalized spacial score (nSPS) is 12.7. The number of carbonyl (C=O) groups is 1. The number of nitrogens with one attached hydrogen (secondary N) is 1. The van der Waals surface area contributed by atoms with Crippen molar-refractivity contribution in [1.29, 1.82) is 0 Å². The summed E-state index contributed by atoms with van der Waals surface area (Å²) in [7, 11) is 0. The van der Waals surface area contributed by atoms with E-state index in [1.165, 1.54) is 17.2 Å². The van der Waals surface area contributed by atoms with Gasteiger partial charge in [0.2, 0.25) is 0 Å². The van der Waals surface area contributed by atoms with Gasteiger partial charge in [0, 0.05) is 24.2 Å². The van der Waals surface area contributed by atoms with E-state index in [2.05, 4.69) is 5.32 Å². The van der Waals surface area contributed by atoms with E-state index in [1.807, 2.05) is 12.1 Å². The van der Waals surface area contributed by atoms with Crippen LogP contribution in [0, 0.1) is 10.1 Å². The van der Waals surface area contributed by atoms with Crippen molar-refractivity contribution in [3.63, 3.8) is 0 Å². The quantitative estimate of drug-likeness (QED) is 0.691. The van der Waals surface area contributed by atoms with Crippen LogP contribution in [-0.2, 0) is 19.4 Å². The van der Waals surface area contributed by atoms with E-state index in [4.69, 9.17) is 0 Å². The number of rotatable bonds is 4. The van der Waals surface area contributed by atoms with Crippen LogP contribution in [0.25, 0.3) is 0 Å². The topological polar surface area (TPSA) is 95.3 Å². The second-order valence-corrected chi connectivity index (χ2v) is 5.57. The van der Waals surface area contributed by atoms with Crippen molar-refractivity contribution in [1.82, 2.24) is 5.32 Å². The van der Waals surface area contributed by atoms with E-state index < -0.39 is 4.92 Å². The Balaban J connectivity index is 1.72. The molecule has 0 spiro atoms. The lowest BCUT2D eigenvalue weighted by molar-refractivity contribution is -0.385. The van der Waals surface area contributed by atoms with Gasteiger partial charge in [0.25, 0.3) is 11.6 Å². The summed E-state index contributed by atoms with van der Waals surface area (Å²) in [4.78, 5) is 22.4. The molecule has 0 bridgehead atoms. The Labute approximate surface area is 132 Å². The second-order valence-electron chi connectivity index (χ2n) is 5.57. The molecular weight excluding hydrogens is 296 g/mol. The van der Waals surface area contributed by atoms with E-state index >= 15 is 0 Å². The maximum Gasteiger partial charge on any atom is 0.269 e. The number of carbonyl (C=O) groups excluding carboxylic acids is 1. The summed E-state index contributed by atoms with van der Waals surface area (Å²) in [6.07, 6.45) is 3.13. The number of benzene rings is 2. The van der Waals surface area contributed by atoms with E-state index in [0.717, 1.165) is 31.4 Å². The third-order valence-corrected chi connectivity index (χ3v) is 4.05. The van der Waals surface area contributed by atoms with E-state index in [1.54, 1.807) is 6.07 Å². The minimum Gasteiger partial charge on any atom is -0.872 e. The lowest BCUT2D eigenvalue weighted by Gasteiger charge is -2.14. The monoisotopic (exact) mass is 311 g/mol. The van der Waals surface area contributed by atoms with E-state index in [9.17, 15) is 20.0 Å². The number of non-ortho nitro benzene ring substituents is 1. The predicted molar refractivity (Wildman–Crippen MR) is 82.2 cm³/mol. The number of aryl methyl sites for hydroxylation is 2. The molecule has 0 heterocycles. The number of amides is 1. The molecule has 1 amide bonds. The molecule has 3 rings (SSSR count). The highest BCUT2D eigenvalue weighted by Crippen LogP contribution is 2.23. The number of nitrogens with zero attached hydrogens (tertiary/aromatic N) is 1. The summed E-state index contributed by atoms with van der Waals surface area (Å²) < 4.78 is 0. The van der Waals surface area contributed by atoms with Crippen LogP contribution in [0.15, 0.2) is 36.4 Å². The molecule has 0 saturated heterocycles. The van der Waals surface area contributed by atoms with Gasteiger partial charge in [0.1, 0.15) is 0 Å². The molecule has 6 heteroatoms. The van der Waals surface area contributed by atoms with Crippen molar-refractivity contribution in [2.45, 2.75) is 25.8 Å². The summed E-state index contributed by atoms with van der Waals surface area (Å²) in [5.74, 6) is -0.615. The molecule has 118 valence electrons. The Morgan fingerprint density at radius 1 is 1.13 bits per heavy atom. The Kier molecular flexibility index (Phi) is 3.97. The van der Waals surface area contributed by atoms with Gasteiger partial charge >= 0.3 is 0 Å². The number of nitro groups is 1. The highest BCUT2D eigenvalue weighted by molar-refractivity contribution is 5.94. The fourth-order valence-corrected chi connectivity index (χ4v) is 2.81. The van der Waals surface area contributed by atoms with Crippen LogP contribution in [0.5, 0.6) is 5.75 Å². The zero-order valence-corrected chi connectivity index (χ0v) is 12.4. The standard InChI is InChI=1S/C17H16N2O4/c20-16-7-6-15(19(22)23)9-14(16)10-18-17(21)13-5-4-11-2-1-3-12(11)8-13/h4-9,20H,1-3,10H2,(H,18,21)/p-1. The van der Waals surface area contributed by atoms with Crippen LogP contribution in [-0.4, -0.2) is 10.8 Å². The van der Waals surface area contributed by atoms with Gasteiger partial charge in [0.15, 0.2) is 0 Å². The van der Waals surface area contributed by atoms with Gasteiger partial charge < -0.3 is 10.4 Å². The minimum absolute atomic E-state index is 0.0313. The minimum atomic E-state index is -0.564. The first kappa shape index (κ1) is 15.0. The average molecular weight is 311 g/mol. The molecule has 1 N–H and O–H groups in total. The largest absolute Gasteiger partial charge is 0.872 e. The molecule has 1 aliphatic rings. The fourth-order valence-electron chi connectivity index (χ4n) is 2.81. The van der Waals surface area contributed by atoms with Gasteiger partial charge in [-0.2, -0.15) is 0 Å². The Morgan fingerprint density at radius 3 is 2.70 bits per heavy atom. The first-order valence-corrected chi connectivity index (χ1v) is 7.39. The van der Waals surface area contributed by atoms with Gasteiger partial charge in [0.05, 0.1) is 4.92 Å². The summed E-state index contributed by atoms with van der Waals surface area (Å²) in [6.45, 7) is -0.0313. The highest BCUT2D eigenvalue weighted by atomic mass is 16.6. The third-order valence-electron chi connectivity index (χ3n) is 4.05. The molecule has 6 nitrogen and oxygen atoms in total. The van der Waals surface area contributed by atoms with Gasteiger partial charge in [-0.15, -0.1) is 5.75 Å². The van der Waals surface area contributed by atoms with E-state index in [0.29, 0.717) is 5.56 Å². The van der Waals surface area contributed by atoms with Crippen LogP contribution < -0.4 is 10.4 Å². The van der Waals surface area contributed by atoms with Crippen molar-refractivity contribution in [2.75, 3.05) is 0 Å². The smallest absolute Gasteiger partial charge is 0.269 e.